The van der Waals surface area contributed by atoms with Crippen molar-refractivity contribution < 1.29 is 8.42 Å². The first-order chi connectivity index (χ1) is 8.03. The summed E-state index contributed by atoms with van der Waals surface area (Å²) in [6.45, 7) is 2.34. The molecule has 1 atom stereocenters. The topological polar surface area (TPSA) is 58.2 Å². The summed E-state index contributed by atoms with van der Waals surface area (Å²) in [5.74, 6) is 0.114. The first-order valence-corrected chi connectivity index (χ1v) is 7.37. The van der Waals surface area contributed by atoms with Crippen LogP contribution < -0.4 is 10.0 Å². The lowest BCUT2D eigenvalue weighted by Crippen LogP contribution is -2.37. The smallest absolute Gasteiger partial charge is 0.213 e. The van der Waals surface area contributed by atoms with Gasteiger partial charge < -0.3 is 5.32 Å². The molecule has 1 aromatic rings. The maximum Gasteiger partial charge on any atom is 0.213 e. The van der Waals surface area contributed by atoms with Crippen LogP contribution in [0.2, 0.25) is 0 Å². The molecule has 5 heteroatoms. The van der Waals surface area contributed by atoms with Gasteiger partial charge in [0.25, 0.3) is 0 Å². The summed E-state index contributed by atoms with van der Waals surface area (Å²) in [5, 5.41) is 2.83. The van der Waals surface area contributed by atoms with Gasteiger partial charge in [0.1, 0.15) is 0 Å². The fourth-order valence-electron chi connectivity index (χ4n) is 1.61. The summed E-state index contributed by atoms with van der Waals surface area (Å²) in [6, 6.07) is 9.77. The minimum absolute atomic E-state index is 0.0840. The molecule has 0 bridgehead atoms. The van der Waals surface area contributed by atoms with Gasteiger partial charge in [0, 0.05) is 12.6 Å². The molecule has 2 N–H and O–H groups in total. The Labute approximate surface area is 103 Å². The summed E-state index contributed by atoms with van der Waals surface area (Å²) in [6.07, 6.45) is 0.708. The predicted molar refractivity (Wildman–Crippen MR) is 70.5 cm³/mol. The molecule has 1 aromatic carbocycles. The molecule has 0 radical (unpaired) electrons. The van der Waals surface area contributed by atoms with Crippen molar-refractivity contribution in [1.29, 1.82) is 0 Å². The van der Waals surface area contributed by atoms with Crippen molar-refractivity contribution in [2.24, 2.45) is 0 Å². The van der Waals surface area contributed by atoms with Gasteiger partial charge in [-0.05, 0) is 26.0 Å². The van der Waals surface area contributed by atoms with E-state index < -0.39 is 10.0 Å². The standard InChI is InChI=1S/C12H20N2O2S/c1-11(10-12-6-4-3-5-7-12)14-17(15,16)9-8-13-2/h3-7,11,13-14H,8-10H2,1-2H3. The van der Waals surface area contributed by atoms with Gasteiger partial charge in [-0.1, -0.05) is 30.3 Å². The highest BCUT2D eigenvalue weighted by Gasteiger charge is 2.13. The number of rotatable bonds is 7. The molecule has 0 amide bonds. The van der Waals surface area contributed by atoms with Crippen LogP contribution in [0.1, 0.15) is 12.5 Å². The van der Waals surface area contributed by atoms with Crippen LogP contribution in [0.3, 0.4) is 0 Å². The third-order valence-electron chi connectivity index (χ3n) is 2.39. The van der Waals surface area contributed by atoms with Crippen molar-refractivity contribution in [3.05, 3.63) is 35.9 Å². The molecule has 0 saturated carbocycles. The molecule has 1 rings (SSSR count). The average molecular weight is 256 g/mol. The van der Waals surface area contributed by atoms with Gasteiger partial charge in [0.05, 0.1) is 5.75 Å². The van der Waals surface area contributed by atoms with Crippen LogP contribution >= 0.6 is 0 Å². The van der Waals surface area contributed by atoms with E-state index in [-0.39, 0.29) is 11.8 Å². The first-order valence-electron chi connectivity index (χ1n) is 5.72. The fourth-order valence-corrected chi connectivity index (χ4v) is 2.90. The molecule has 17 heavy (non-hydrogen) atoms. The molecule has 0 aliphatic heterocycles. The van der Waals surface area contributed by atoms with Crippen molar-refractivity contribution >= 4 is 10.0 Å². The lowest BCUT2D eigenvalue weighted by molar-refractivity contribution is 0.558. The van der Waals surface area contributed by atoms with E-state index in [0.717, 1.165) is 5.56 Å². The Morgan fingerprint density at radius 3 is 2.47 bits per heavy atom. The Morgan fingerprint density at radius 1 is 1.24 bits per heavy atom. The molecule has 0 aliphatic rings. The summed E-state index contributed by atoms with van der Waals surface area (Å²) in [7, 11) is -1.44. The lowest BCUT2D eigenvalue weighted by atomic mass is 10.1. The van der Waals surface area contributed by atoms with Gasteiger partial charge in [0.15, 0.2) is 0 Å². The predicted octanol–water partition coefficient (Wildman–Crippen LogP) is 0.756. The van der Waals surface area contributed by atoms with Crippen LogP contribution in [-0.2, 0) is 16.4 Å². The van der Waals surface area contributed by atoms with E-state index in [1.165, 1.54) is 0 Å². The van der Waals surface area contributed by atoms with Gasteiger partial charge >= 0.3 is 0 Å². The highest BCUT2D eigenvalue weighted by molar-refractivity contribution is 7.89. The van der Waals surface area contributed by atoms with Gasteiger partial charge in [0.2, 0.25) is 10.0 Å². The number of hydrogen-bond acceptors (Lipinski definition) is 3. The number of nitrogens with one attached hydrogen (secondary N) is 2. The van der Waals surface area contributed by atoms with Gasteiger partial charge in [-0.15, -0.1) is 0 Å². The molecule has 0 aromatic heterocycles. The molecule has 0 heterocycles. The second kappa shape index (κ2) is 6.74. The maximum absolute atomic E-state index is 11.6. The molecule has 0 spiro atoms. The summed E-state index contributed by atoms with van der Waals surface area (Å²) in [5.41, 5.74) is 1.14. The Hall–Kier alpha value is -0.910. The minimum atomic E-state index is -3.18. The third-order valence-corrected chi connectivity index (χ3v) is 3.89. The van der Waals surface area contributed by atoms with Crippen molar-refractivity contribution in [2.45, 2.75) is 19.4 Å². The van der Waals surface area contributed by atoms with E-state index >= 15 is 0 Å². The number of hydrogen-bond donors (Lipinski definition) is 2. The third kappa shape index (κ3) is 5.81. The Bertz CT molecular complexity index is 417. The quantitative estimate of drug-likeness (QED) is 0.757. The van der Waals surface area contributed by atoms with E-state index in [2.05, 4.69) is 10.0 Å². The number of sulfonamides is 1. The highest BCUT2D eigenvalue weighted by Crippen LogP contribution is 2.03. The van der Waals surface area contributed by atoms with Crippen LogP contribution in [0.4, 0.5) is 0 Å². The van der Waals surface area contributed by atoms with E-state index in [1.54, 1.807) is 7.05 Å². The normalized spacial score (nSPS) is 13.5. The first kappa shape index (κ1) is 14.2. The minimum Gasteiger partial charge on any atom is -0.319 e. The molecular formula is C12H20N2O2S. The van der Waals surface area contributed by atoms with Gasteiger partial charge in [-0.25, -0.2) is 13.1 Å². The second-order valence-corrected chi connectivity index (χ2v) is 6.00. The zero-order valence-electron chi connectivity index (χ0n) is 10.3. The summed E-state index contributed by atoms with van der Waals surface area (Å²) < 4.78 is 25.9. The Morgan fingerprint density at radius 2 is 1.88 bits per heavy atom. The average Bonchev–Trinajstić information content (AvgIpc) is 2.27. The molecular weight excluding hydrogens is 236 g/mol. The van der Waals surface area contributed by atoms with Crippen molar-refractivity contribution in [2.75, 3.05) is 19.3 Å². The van der Waals surface area contributed by atoms with Crippen molar-refractivity contribution in [3.63, 3.8) is 0 Å². The largest absolute Gasteiger partial charge is 0.319 e. The van der Waals surface area contributed by atoms with E-state index in [0.29, 0.717) is 13.0 Å². The fraction of sp³-hybridized carbons (Fsp3) is 0.500. The Balaban J connectivity index is 2.47. The Kier molecular flexibility index (Phi) is 5.61. The lowest BCUT2D eigenvalue weighted by Gasteiger charge is -2.14. The highest BCUT2D eigenvalue weighted by atomic mass is 32.2. The van der Waals surface area contributed by atoms with Gasteiger partial charge in [-0.2, -0.15) is 0 Å². The van der Waals surface area contributed by atoms with Crippen LogP contribution in [0.25, 0.3) is 0 Å². The summed E-state index contributed by atoms with van der Waals surface area (Å²) in [4.78, 5) is 0. The number of benzene rings is 1. The van der Waals surface area contributed by atoms with Crippen LogP contribution in [0.15, 0.2) is 30.3 Å². The molecule has 0 aliphatic carbocycles. The molecule has 0 fully saturated rings. The van der Waals surface area contributed by atoms with Crippen molar-refractivity contribution in [3.8, 4) is 0 Å². The zero-order chi connectivity index (χ0) is 12.7. The SMILES string of the molecule is CNCCS(=O)(=O)NC(C)Cc1ccccc1. The van der Waals surface area contributed by atoms with E-state index in [1.807, 2.05) is 37.3 Å². The molecule has 96 valence electrons. The maximum atomic E-state index is 11.6. The molecule has 1 unspecified atom stereocenters. The van der Waals surface area contributed by atoms with Crippen LogP contribution in [0.5, 0.6) is 0 Å². The van der Waals surface area contributed by atoms with Crippen molar-refractivity contribution in [1.82, 2.24) is 10.0 Å². The molecule has 4 nitrogen and oxygen atoms in total. The molecule has 0 saturated heterocycles. The zero-order valence-corrected chi connectivity index (χ0v) is 11.1. The van der Waals surface area contributed by atoms with E-state index in [9.17, 15) is 8.42 Å². The van der Waals surface area contributed by atoms with Crippen LogP contribution in [0, 0.1) is 0 Å². The van der Waals surface area contributed by atoms with Gasteiger partial charge in [-0.3, -0.25) is 0 Å². The second-order valence-electron chi connectivity index (χ2n) is 4.13. The summed E-state index contributed by atoms with van der Waals surface area (Å²) >= 11 is 0. The van der Waals surface area contributed by atoms with E-state index in [4.69, 9.17) is 0 Å². The monoisotopic (exact) mass is 256 g/mol. The van der Waals surface area contributed by atoms with Crippen LogP contribution in [-0.4, -0.2) is 33.8 Å².